The van der Waals surface area contributed by atoms with Crippen LogP contribution in [0.5, 0.6) is 0 Å². The third kappa shape index (κ3) is 7.67. The first-order valence-corrected chi connectivity index (χ1v) is 13.2. The van der Waals surface area contributed by atoms with Gasteiger partial charge < -0.3 is 10.2 Å². The van der Waals surface area contributed by atoms with Crippen LogP contribution in [0.3, 0.4) is 0 Å². The number of aliphatic carboxylic acids is 1. The molecule has 3 N–H and O–H groups in total. The van der Waals surface area contributed by atoms with Crippen molar-refractivity contribution in [1.29, 1.82) is 0 Å². The zero-order valence-electron chi connectivity index (χ0n) is 20.1. The molecule has 2 unspecified atom stereocenters. The van der Waals surface area contributed by atoms with E-state index in [-0.39, 0.29) is 30.8 Å². The first-order chi connectivity index (χ1) is 16.0. The van der Waals surface area contributed by atoms with Crippen LogP contribution in [0.1, 0.15) is 103 Å². The molecule has 3 amide bonds. The summed E-state index contributed by atoms with van der Waals surface area (Å²) in [7, 11) is 0. The quantitative estimate of drug-likeness (QED) is 0.279. The molecule has 0 spiro atoms. The molecule has 2 atom stereocenters. The molecule has 0 aromatic heterocycles. The molecule has 2 saturated carbocycles. The SMILES string of the molecule is O=C(O)CCCCCCC1C(=O)N(CC2CCCCC2)C(=O)N1NCC(O)C1CCCCC1. The fraction of sp³-hybridized carbons (Fsp3) is 0.880. The lowest BCUT2D eigenvalue weighted by atomic mass is 9.85. The number of amides is 3. The zero-order valence-corrected chi connectivity index (χ0v) is 20.1. The Bertz CT molecular complexity index is 646. The molecule has 3 rings (SSSR count). The number of imide groups is 1. The van der Waals surface area contributed by atoms with Crippen molar-refractivity contribution in [3.63, 3.8) is 0 Å². The number of urea groups is 1. The summed E-state index contributed by atoms with van der Waals surface area (Å²) in [5, 5.41) is 20.9. The molecule has 33 heavy (non-hydrogen) atoms. The van der Waals surface area contributed by atoms with Gasteiger partial charge in [0.1, 0.15) is 6.04 Å². The molecule has 0 bridgehead atoms. The van der Waals surface area contributed by atoms with Crippen LogP contribution in [0.4, 0.5) is 4.79 Å². The lowest BCUT2D eigenvalue weighted by molar-refractivity contribution is -0.137. The van der Waals surface area contributed by atoms with Gasteiger partial charge in [-0.2, -0.15) is 0 Å². The van der Waals surface area contributed by atoms with Crippen LogP contribution in [0.25, 0.3) is 0 Å². The molecular weight excluding hydrogens is 422 g/mol. The van der Waals surface area contributed by atoms with E-state index in [1.54, 1.807) is 0 Å². The predicted molar refractivity (Wildman–Crippen MR) is 125 cm³/mol. The van der Waals surface area contributed by atoms with Gasteiger partial charge in [-0.1, -0.05) is 57.8 Å². The van der Waals surface area contributed by atoms with Crippen molar-refractivity contribution in [3.05, 3.63) is 0 Å². The lowest BCUT2D eigenvalue weighted by Gasteiger charge is -2.30. The van der Waals surface area contributed by atoms with E-state index in [0.717, 1.165) is 70.6 Å². The van der Waals surface area contributed by atoms with E-state index in [2.05, 4.69) is 5.43 Å². The van der Waals surface area contributed by atoms with Crippen molar-refractivity contribution >= 4 is 17.9 Å². The number of hydrazine groups is 1. The Morgan fingerprint density at radius 1 is 0.939 bits per heavy atom. The molecule has 8 heteroatoms. The molecule has 0 radical (unpaired) electrons. The summed E-state index contributed by atoms with van der Waals surface area (Å²) in [5.74, 6) is -0.269. The summed E-state index contributed by atoms with van der Waals surface area (Å²) in [6.07, 6.45) is 14.5. The fourth-order valence-electron chi connectivity index (χ4n) is 5.72. The number of rotatable bonds is 13. The number of hydrogen-bond donors (Lipinski definition) is 3. The summed E-state index contributed by atoms with van der Waals surface area (Å²) in [6, 6.07) is -0.823. The van der Waals surface area contributed by atoms with Gasteiger partial charge in [-0.05, 0) is 50.4 Å². The Hall–Kier alpha value is -1.67. The van der Waals surface area contributed by atoms with Crippen molar-refractivity contribution in [2.45, 2.75) is 115 Å². The number of nitrogens with one attached hydrogen (secondary N) is 1. The summed E-state index contributed by atoms with van der Waals surface area (Å²) >= 11 is 0. The maximum atomic E-state index is 13.2. The molecule has 0 aromatic rings. The first-order valence-electron chi connectivity index (χ1n) is 13.2. The summed E-state index contributed by atoms with van der Waals surface area (Å²) in [4.78, 5) is 38.6. The maximum Gasteiger partial charge on any atom is 0.341 e. The molecule has 1 heterocycles. The molecule has 188 valence electrons. The highest BCUT2D eigenvalue weighted by atomic mass is 16.4. The molecule has 3 fully saturated rings. The van der Waals surface area contributed by atoms with E-state index in [1.165, 1.54) is 22.8 Å². The standard InChI is InChI=1S/C25H43N3O5/c29-22(20-13-7-4-8-14-20)17-26-28-21(15-9-1-2-10-16-23(30)31)24(32)27(25(28)33)18-19-11-5-3-6-12-19/h19-22,26,29H,1-18H2,(H,30,31). The fourth-order valence-corrected chi connectivity index (χ4v) is 5.72. The normalized spacial score (nSPS) is 24.0. The second kappa shape index (κ2) is 13.3. The molecule has 8 nitrogen and oxygen atoms in total. The molecule has 3 aliphatic rings. The van der Waals surface area contributed by atoms with Gasteiger partial charge in [0, 0.05) is 19.5 Å². The van der Waals surface area contributed by atoms with Crippen LogP contribution in [0, 0.1) is 11.8 Å². The second-order valence-corrected chi connectivity index (χ2v) is 10.3. The van der Waals surface area contributed by atoms with Crippen molar-refractivity contribution in [2.24, 2.45) is 11.8 Å². The molecule has 1 aliphatic heterocycles. The molecular formula is C25H43N3O5. The zero-order chi connectivity index (χ0) is 23.6. The minimum absolute atomic E-state index is 0.129. The summed E-state index contributed by atoms with van der Waals surface area (Å²) in [5.41, 5.74) is 3.14. The second-order valence-electron chi connectivity index (χ2n) is 10.3. The van der Waals surface area contributed by atoms with Crippen LogP contribution in [-0.4, -0.2) is 63.3 Å². The van der Waals surface area contributed by atoms with E-state index < -0.39 is 18.1 Å². The largest absolute Gasteiger partial charge is 0.481 e. The maximum absolute atomic E-state index is 13.2. The Morgan fingerprint density at radius 3 is 2.24 bits per heavy atom. The minimum atomic E-state index is -0.781. The van der Waals surface area contributed by atoms with E-state index in [0.29, 0.717) is 25.3 Å². The third-order valence-corrected chi connectivity index (χ3v) is 7.75. The number of carbonyl (C=O) groups excluding carboxylic acids is 2. The number of aliphatic hydroxyl groups is 1. The highest BCUT2D eigenvalue weighted by Crippen LogP contribution is 2.29. The number of nitrogens with zero attached hydrogens (tertiary/aromatic N) is 2. The summed E-state index contributed by atoms with van der Waals surface area (Å²) < 4.78 is 0. The van der Waals surface area contributed by atoms with E-state index in [9.17, 15) is 19.5 Å². The monoisotopic (exact) mass is 465 g/mol. The number of hydrogen-bond acceptors (Lipinski definition) is 5. The van der Waals surface area contributed by atoms with Gasteiger partial charge in [0.05, 0.1) is 6.10 Å². The Kier molecular flexibility index (Phi) is 10.4. The van der Waals surface area contributed by atoms with E-state index in [1.807, 2.05) is 0 Å². The van der Waals surface area contributed by atoms with Gasteiger partial charge in [0.2, 0.25) is 0 Å². The van der Waals surface area contributed by atoms with Gasteiger partial charge in [0.25, 0.3) is 5.91 Å². The Balaban J connectivity index is 1.56. The average molecular weight is 466 g/mol. The van der Waals surface area contributed by atoms with Crippen molar-refractivity contribution < 1.29 is 24.6 Å². The van der Waals surface area contributed by atoms with Gasteiger partial charge in [-0.25, -0.2) is 15.2 Å². The number of carbonyl (C=O) groups is 3. The van der Waals surface area contributed by atoms with Crippen LogP contribution < -0.4 is 5.43 Å². The van der Waals surface area contributed by atoms with E-state index >= 15 is 0 Å². The number of carboxylic acid groups (broad SMARTS) is 1. The lowest BCUT2D eigenvalue weighted by Crippen LogP contribution is -2.50. The van der Waals surface area contributed by atoms with Crippen molar-refractivity contribution in [3.8, 4) is 0 Å². The van der Waals surface area contributed by atoms with Crippen LogP contribution in [-0.2, 0) is 9.59 Å². The Morgan fingerprint density at radius 2 is 1.58 bits per heavy atom. The highest BCUT2D eigenvalue weighted by molar-refractivity contribution is 6.03. The highest BCUT2D eigenvalue weighted by Gasteiger charge is 2.45. The van der Waals surface area contributed by atoms with Crippen LogP contribution in [0.2, 0.25) is 0 Å². The average Bonchev–Trinajstić information content (AvgIpc) is 3.04. The number of aliphatic hydroxyl groups excluding tert-OH is 1. The summed E-state index contributed by atoms with van der Waals surface area (Å²) in [6.45, 7) is 0.784. The minimum Gasteiger partial charge on any atom is -0.481 e. The molecule has 2 aliphatic carbocycles. The van der Waals surface area contributed by atoms with Crippen molar-refractivity contribution in [1.82, 2.24) is 15.3 Å². The smallest absolute Gasteiger partial charge is 0.341 e. The first kappa shape index (κ1) is 25.9. The van der Waals surface area contributed by atoms with Crippen LogP contribution >= 0.6 is 0 Å². The van der Waals surface area contributed by atoms with Gasteiger partial charge in [0.15, 0.2) is 0 Å². The number of carboxylic acids is 1. The van der Waals surface area contributed by atoms with Gasteiger partial charge >= 0.3 is 12.0 Å². The molecule has 0 aromatic carbocycles. The number of unbranched alkanes of at least 4 members (excludes halogenated alkanes) is 3. The third-order valence-electron chi connectivity index (χ3n) is 7.75. The van der Waals surface area contributed by atoms with Crippen molar-refractivity contribution in [2.75, 3.05) is 13.1 Å². The molecule has 1 saturated heterocycles. The van der Waals surface area contributed by atoms with Crippen LogP contribution in [0.15, 0.2) is 0 Å². The predicted octanol–water partition coefficient (Wildman–Crippen LogP) is 4.07. The Labute approximate surface area is 198 Å². The topological polar surface area (TPSA) is 110 Å². The van der Waals surface area contributed by atoms with E-state index in [4.69, 9.17) is 5.11 Å². The van der Waals surface area contributed by atoms with Gasteiger partial charge in [-0.15, -0.1) is 0 Å². The van der Waals surface area contributed by atoms with Gasteiger partial charge in [-0.3, -0.25) is 14.5 Å².